The standard InChI is InChI=1S/C18H16F3N5OS/c19-18(20,21)13-7-4-8-14(10-13)23-16(27)11-28-17-25-24-15(26(17)22)9-12-5-2-1-3-6-12/h1-8,10H,9,11,22H2,(H,23,27). The zero-order valence-corrected chi connectivity index (χ0v) is 15.3. The molecule has 0 bridgehead atoms. The fraction of sp³-hybridized carbons (Fsp3) is 0.167. The van der Waals surface area contributed by atoms with Gasteiger partial charge >= 0.3 is 6.18 Å². The van der Waals surface area contributed by atoms with Gasteiger partial charge in [0.2, 0.25) is 11.1 Å². The quantitative estimate of drug-likeness (QED) is 0.484. The van der Waals surface area contributed by atoms with Crippen LogP contribution in [-0.2, 0) is 17.4 Å². The lowest BCUT2D eigenvalue weighted by Crippen LogP contribution is -2.17. The topological polar surface area (TPSA) is 85.8 Å². The van der Waals surface area contributed by atoms with Crippen molar-refractivity contribution < 1.29 is 18.0 Å². The zero-order chi connectivity index (χ0) is 20.1. The Kier molecular flexibility index (Phi) is 5.88. The first kappa shape index (κ1) is 19.7. The number of nitrogens with two attached hydrogens (primary N) is 1. The van der Waals surface area contributed by atoms with E-state index in [-0.39, 0.29) is 11.4 Å². The number of hydrogen-bond acceptors (Lipinski definition) is 5. The highest BCUT2D eigenvalue weighted by atomic mass is 32.2. The molecule has 1 amide bonds. The second-order valence-electron chi connectivity index (χ2n) is 5.85. The summed E-state index contributed by atoms with van der Waals surface area (Å²) in [5.41, 5.74) is 0.255. The van der Waals surface area contributed by atoms with Crippen molar-refractivity contribution in [1.82, 2.24) is 14.9 Å². The van der Waals surface area contributed by atoms with Gasteiger partial charge in [-0.3, -0.25) is 4.79 Å². The maximum atomic E-state index is 12.7. The van der Waals surface area contributed by atoms with Crippen molar-refractivity contribution in [2.75, 3.05) is 16.9 Å². The number of rotatable bonds is 6. The summed E-state index contributed by atoms with van der Waals surface area (Å²) in [6.07, 6.45) is -3.98. The summed E-state index contributed by atoms with van der Waals surface area (Å²) in [5.74, 6) is 5.96. The van der Waals surface area contributed by atoms with Crippen LogP contribution in [0.4, 0.5) is 18.9 Å². The van der Waals surface area contributed by atoms with Crippen molar-refractivity contribution in [3.8, 4) is 0 Å². The van der Waals surface area contributed by atoms with E-state index in [1.165, 1.54) is 16.8 Å². The molecule has 3 rings (SSSR count). The van der Waals surface area contributed by atoms with E-state index in [0.717, 1.165) is 29.5 Å². The summed E-state index contributed by atoms with van der Waals surface area (Å²) in [5, 5.41) is 10.8. The fourth-order valence-corrected chi connectivity index (χ4v) is 3.08. The number of amides is 1. The summed E-state index contributed by atoms with van der Waals surface area (Å²) >= 11 is 1.05. The van der Waals surface area contributed by atoms with Crippen molar-refractivity contribution in [3.05, 3.63) is 71.5 Å². The maximum Gasteiger partial charge on any atom is 0.416 e. The predicted molar refractivity (Wildman–Crippen MR) is 100 cm³/mol. The molecule has 1 heterocycles. The molecule has 0 fully saturated rings. The van der Waals surface area contributed by atoms with Crippen molar-refractivity contribution in [2.45, 2.75) is 17.8 Å². The normalized spacial score (nSPS) is 11.4. The van der Waals surface area contributed by atoms with E-state index >= 15 is 0 Å². The Bertz CT molecular complexity index is 959. The molecule has 0 atom stereocenters. The molecule has 2 aromatic carbocycles. The highest BCUT2D eigenvalue weighted by molar-refractivity contribution is 7.99. The van der Waals surface area contributed by atoms with Crippen LogP contribution in [0, 0.1) is 0 Å². The Labute approximate surface area is 162 Å². The number of nitrogen functional groups attached to an aromatic ring is 1. The SMILES string of the molecule is Nn1c(Cc2ccccc2)nnc1SCC(=O)Nc1cccc(C(F)(F)F)c1. The van der Waals surface area contributed by atoms with Gasteiger partial charge in [-0.25, -0.2) is 4.68 Å². The lowest BCUT2D eigenvalue weighted by atomic mass is 10.1. The fourth-order valence-electron chi connectivity index (χ4n) is 2.41. The lowest BCUT2D eigenvalue weighted by molar-refractivity contribution is -0.137. The monoisotopic (exact) mass is 407 g/mol. The van der Waals surface area contributed by atoms with Gasteiger partial charge in [0.05, 0.1) is 11.3 Å². The van der Waals surface area contributed by atoms with Crippen molar-refractivity contribution in [3.63, 3.8) is 0 Å². The van der Waals surface area contributed by atoms with Gasteiger partial charge < -0.3 is 11.2 Å². The van der Waals surface area contributed by atoms with E-state index in [0.29, 0.717) is 17.4 Å². The molecule has 0 aliphatic rings. The molecular formula is C18H16F3N5OS. The van der Waals surface area contributed by atoms with Gasteiger partial charge in [-0.1, -0.05) is 48.2 Å². The molecule has 0 saturated carbocycles. The van der Waals surface area contributed by atoms with E-state index in [1.807, 2.05) is 30.3 Å². The average Bonchev–Trinajstić information content (AvgIpc) is 3.00. The molecule has 0 aliphatic carbocycles. The minimum Gasteiger partial charge on any atom is -0.336 e. The van der Waals surface area contributed by atoms with Crippen LogP contribution < -0.4 is 11.2 Å². The molecule has 3 N–H and O–H groups in total. The summed E-state index contributed by atoms with van der Waals surface area (Å²) in [6.45, 7) is 0. The highest BCUT2D eigenvalue weighted by Gasteiger charge is 2.30. The van der Waals surface area contributed by atoms with Crippen molar-refractivity contribution >= 4 is 23.4 Å². The highest BCUT2D eigenvalue weighted by Crippen LogP contribution is 2.30. The zero-order valence-electron chi connectivity index (χ0n) is 14.5. The number of anilines is 1. The minimum absolute atomic E-state index is 0.0689. The number of carbonyl (C=O) groups is 1. The predicted octanol–water partition coefficient (Wildman–Crippen LogP) is 3.33. The Morgan fingerprint density at radius 3 is 2.57 bits per heavy atom. The Morgan fingerprint density at radius 2 is 1.86 bits per heavy atom. The summed E-state index contributed by atoms with van der Waals surface area (Å²) < 4.78 is 39.5. The summed E-state index contributed by atoms with van der Waals surface area (Å²) in [4.78, 5) is 12.0. The van der Waals surface area contributed by atoms with Gasteiger partial charge in [-0.2, -0.15) is 13.2 Å². The molecule has 1 aromatic heterocycles. The van der Waals surface area contributed by atoms with Crippen LogP contribution in [0.2, 0.25) is 0 Å². The second-order valence-corrected chi connectivity index (χ2v) is 6.79. The molecular weight excluding hydrogens is 391 g/mol. The molecule has 0 unspecified atom stereocenters. The maximum absolute atomic E-state index is 12.7. The number of nitrogens with zero attached hydrogens (tertiary/aromatic N) is 3. The second kappa shape index (κ2) is 8.34. The molecule has 0 radical (unpaired) electrons. The van der Waals surface area contributed by atoms with Crippen LogP contribution in [0.1, 0.15) is 17.0 Å². The lowest BCUT2D eigenvalue weighted by Gasteiger charge is -2.09. The van der Waals surface area contributed by atoms with Crippen LogP contribution >= 0.6 is 11.8 Å². The van der Waals surface area contributed by atoms with Gasteiger partial charge in [0.25, 0.3) is 0 Å². The molecule has 6 nitrogen and oxygen atoms in total. The van der Waals surface area contributed by atoms with Gasteiger partial charge in [-0.05, 0) is 23.8 Å². The minimum atomic E-state index is -4.47. The third-order valence-electron chi connectivity index (χ3n) is 3.75. The first-order valence-corrected chi connectivity index (χ1v) is 9.14. The number of nitrogens with one attached hydrogen (secondary N) is 1. The Hall–Kier alpha value is -3.01. The van der Waals surface area contributed by atoms with Crippen molar-refractivity contribution in [1.29, 1.82) is 0 Å². The molecule has 0 aliphatic heterocycles. The number of thioether (sulfide) groups is 1. The van der Waals surface area contributed by atoms with Crippen LogP contribution in [0.15, 0.2) is 59.8 Å². The van der Waals surface area contributed by atoms with Crippen LogP contribution in [0.25, 0.3) is 0 Å². The number of aromatic nitrogens is 3. The third kappa shape index (κ3) is 5.03. The van der Waals surface area contributed by atoms with E-state index in [4.69, 9.17) is 5.84 Å². The number of carbonyl (C=O) groups excluding carboxylic acids is 1. The van der Waals surface area contributed by atoms with E-state index in [9.17, 15) is 18.0 Å². The van der Waals surface area contributed by atoms with Crippen molar-refractivity contribution in [2.24, 2.45) is 0 Å². The van der Waals surface area contributed by atoms with E-state index in [2.05, 4.69) is 15.5 Å². The van der Waals surface area contributed by atoms with E-state index in [1.54, 1.807) is 0 Å². The summed E-state index contributed by atoms with van der Waals surface area (Å²) in [7, 11) is 0. The Morgan fingerprint density at radius 1 is 1.11 bits per heavy atom. The molecule has 3 aromatic rings. The van der Waals surface area contributed by atoms with Crippen LogP contribution in [0.5, 0.6) is 0 Å². The van der Waals surface area contributed by atoms with E-state index < -0.39 is 17.6 Å². The number of hydrogen-bond donors (Lipinski definition) is 2. The number of halogens is 3. The molecule has 146 valence electrons. The van der Waals surface area contributed by atoms with Gasteiger partial charge in [0.1, 0.15) is 0 Å². The smallest absolute Gasteiger partial charge is 0.336 e. The first-order chi connectivity index (χ1) is 13.3. The van der Waals surface area contributed by atoms with Crippen LogP contribution in [-0.4, -0.2) is 26.5 Å². The van der Waals surface area contributed by atoms with Crippen LogP contribution in [0.3, 0.4) is 0 Å². The van der Waals surface area contributed by atoms with Gasteiger partial charge in [-0.15, -0.1) is 10.2 Å². The average molecular weight is 407 g/mol. The third-order valence-corrected chi connectivity index (χ3v) is 4.69. The van der Waals surface area contributed by atoms with Gasteiger partial charge in [0, 0.05) is 12.1 Å². The molecule has 0 spiro atoms. The number of benzene rings is 2. The Balaban J connectivity index is 1.58. The molecule has 28 heavy (non-hydrogen) atoms. The number of alkyl halides is 3. The largest absolute Gasteiger partial charge is 0.416 e. The van der Waals surface area contributed by atoms with Gasteiger partial charge in [0.15, 0.2) is 5.82 Å². The molecule has 10 heteroatoms. The first-order valence-electron chi connectivity index (χ1n) is 8.16. The molecule has 0 saturated heterocycles. The summed E-state index contributed by atoms with van der Waals surface area (Å²) in [6, 6.07) is 14.0.